The first kappa shape index (κ1) is 31.6. The maximum absolute atomic E-state index is 16.4. The van der Waals surface area contributed by atoms with Crippen molar-refractivity contribution in [3.63, 3.8) is 0 Å². The number of amides is 1. The number of halogens is 1. The monoisotopic (exact) mass is 653 g/mol. The van der Waals surface area contributed by atoms with Crippen LogP contribution in [0.15, 0.2) is 95.5 Å². The molecule has 2 N–H and O–H groups in total. The van der Waals surface area contributed by atoms with Crippen molar-refractivity contribution in [3.8, 4) is 23.3 Å². The minimum absolute atomic E-state index is 0.0300. The first-order valence-corrected chi connectivity index (χ1v) is 16.5. The van der Waals surface area contributed by atoms with Crippen LogP contribution in [-0.4, -0.2) is 32.3 Å². The Hall–Kier alpha value is -5.34. The number of anilines is 2. The third-order valence-corrected chi connectivity index (χ3v) is 10.5. The van der Waals surface area contributed by atoms with Crippen LogP contribution in [-0.2, 0) is 16.4 Å². The summed E-state index contributed by atoms with van der Waals surface area (Å²) in [5.74, 6) is -1.53. The number of nitrogens with zero attached hydrogens (tertiary/aromatic N) is 2. The Morgan fingerprint density at radius 2 is 1.85 bits per heavy atom. The molecular weight excluding hydrogens is 621 g/mol. The van der Waals surface area contributed by atoms with Crippen LogP contribution in [0.3, 0.4) is 0 Å². The highest BCUT2D eigenvalue weighted by Gasteiger charge is 2.48. The number of carbonyl (C=O) groups is 1. The largest absolute Gasteiger partial charge is 0.506 e. The minimum Gasteiger partial charge on any atom is -0.506 e. The Balaban J connectivity index is 1.57. The zero-order chi connectivity index (χ0) is 33.5. The minimum atomic E-state index is -4.12. The van der Waals surface area contributed by atoms with Crippen LogP contribution in [0.25, 0.3) is 0 Å². The van der Waals surface area contributed by atoms with E-state index in [1.54, 1.807) is 6.07 Å². The molecule has 0 aromatic heterocycles. The highest BCUT2D eigenvalue weighted by Crippen LogP contribution is 2.52. The van der Waals surface area contributed by atoms with Crippen LogP contribution < -0.4 is 19.7 Å². The molecule has 0 spiro atoms. The first-order chi connectivity index (χ1) is 22.4. The van der Waals surface area contributed by atoms with Gasteiger partial charge in [0.25, 0.3) is 5.91 Å². The summed E-state index contributed by atoms with van der Waals surface area (Å²) in [5, 5.41) is 23.9. The average molecular weight is 654 g/mol. The molecule has 0 saturated carbocycles. The number of phenols is 1. The van der Waals surface area contributed by atoms with E-state index >= 15 is 4.39 Å². The number of fused-ring (bicyclic) bond motifs is 1. The van der Waals surface area contributed by atoms with Gasteiger partial charge in [-0.05, 0) is 59.9 Å². The van der Waals surface area contributed by atoms with Gasteiger partial charge in [-0.3, -0.25) is 9.69 Å². The van der Waals surface area contributed by atoms with Gasteiger partial charge in [-0.25, -0.2) is 12.8 Å². The molecule has 0 radical (unpaired) electrons. The molecule has 240 valence electrons. The van der Waals surface area contributed by atoms with Gasteiger partial charge in [0.2, 0.25) is 0 Å². The molecule has 2 aliphatic heterocycles. The molecule has 0 saturated heterocycles. The summed E-state index contributed by atoms with van der Waals surface area (Å²) in [6.07, 6.45) is 0.245. The van der Waals surface area contributed by atoms with Crippen LogP contribution in [0.1, 0.15) is 53.4 Å². The molecule has 0 bridgehead atoms. The lowest BCUT2D eigenvalue weighted by Crippen LogP contribution is -2.41. The van der Waals surface area contributed by atoms with Crippen molar-refractivity contribution >= 4 is 27.1 Å². The summed E-state index contributed by atoms with van der Waals surface area (Å²) in [6.45, 7) is 3.80. The van der Waals surface area contributed by atoms with Crippen LogP contribution >= 0.6 is 0 Å². The van der Waals surface area contributed by atoms with Crippen LogP contribution in [0.5, 0.6) is 17.2 Å². The number of hydrogen-bond acceptors (Lipinski definition) is 8. The third-order valence-electron chi connectivity index (χ3n) is 8.23. The molecule has 4 aromatic carbocycles. The number of phenolic OH excluding ortho intramolecular Hbond substituents is 1. The van der Waals surface area contributed by atoms with Crippen molar-refractivity contribution in [2.45, 2.75) is 32.9 Å². The van der Waals surface area contributed by atoms with Gasteiger partial charge >= 0.3 is 0 Å². The predicted molar refractivity (Wildman–Crippen MR) is 175 cm³/mol. The number of carbonyl (C=O) groups excluding carboxylic acids is 1. The molecule has 1 atom stereocenters. The number of aromatic hydroxyl groups is 1. The molecule has 2 heterocycles. The Morgan fingerprint density at radius 1 is 1.09 bits per heavy atom. The number of allylic oxidation sites excluding steroid dienone is 1. The molecule has 2 aliphatic rings. The number of nitriles is 1. The summed E-state index contributed by atoms with van der Waals surface area (Å²) in [4.78, 5) is 15.6. The number of ether oxygens (including phenoxy) is 2. The van der Waals surface area contributed by atoms with Crippen LogP contribution in [0.2, 0.25) is 0 Å². The van der Waals surface area contributed by atoms with Crippen molar-refractivity contribution in [1.82, 2.24) is 0 Å². The molecule has 4 aromatic rings. The molecule has 11 heteroatoms. The average Bonchev–Trinajstić information content (AvgIpc) is 3.18. The maximum atomic E-state index is 16.4. The molecule has 1 amide bonds. The zero-order valence-electron chi connectivity index (χ0n) is 26.0. The smallest absolute Gasteiger partial charge is 0.259 e. The van der Waals surface area contributed by atoms with Gasteiger partial charge in [0.15, 0.2) is 9.84 Å². The van der Waals surface area contributed by atoms with Crippen molar-refractivity contribution < 1.29 is 32.2 Å². The van der Waals surface area contributed by atoms with E-state index in [1.807, 2.05) is 50.2 Å². The molecular formula is C36H32FN3O6S. The molecule has 1 unspecified atom stereocenters. The van der Waals surface area contributed by atoms with Crippen LogP contribution in [0.4, 0.5) is 15.8 Å². The van der Waals surface area contributed by atoms with Crippen molar-refractivity contribution in [2.75, 3.05) is 23.1 Å². The number of nitrogens with one attached hydrogen (secondary N) is 1. The molecule has 9 nitrogen and oxygen atoms in total. The summed E-state index contributed by atoms with van der Waals surface area (Å²) in [7, 11) is -2.72. The number of para-hydroxylation sites is 1. The fourth-order valence-electron chi connectivity index (χ4n) is 6.24. The highest BCUT2D eigenvalue weighted by atomic mass is 32.2. The standard InChI is InChI=1S/C36H32FN3O6S/c1-36(2)18-28-34(47(43,44)21-36)33(26-14-13-25(17-27(26)37)46-20-22-8-5-4-6-9-22)40(29-10-7-11-30(41)32(29)39-28)35(42)23-12-15-31(45-3)24(16-23)19-38/h4-17,33,39,41H,18,20-21H2,1-3H3. The summed E-state index contributed by atoms with van der Waals surface area (Å²) in [5.41, 5.74) is 0.668. The van der Waals surface area contributed by atoms with Crippen molar-refractivity contribution in [1.29, 1.82) is 5.26 Å². The fourth-order valence-corrected chi connectivity index (χ4v) is 8.59. The van der Waals surface area contributed by atoms with Gasteiger partial charge in [-0.2, -0.15) is 5.26 Å². The molecule has 47 heavy (non-hydrogen) atoms. The molecule has 0 fully saturated rings. The summed E-state index contributed by atoms with van der Waals surface area (Å²) < 4.78 is 55.9. The Bertz CT molecular complexity index is 2070. The zero-order valence-corrected chi connectivity index (χ0v) is 26.8. The number of sulfone groups is 1. The van der Waals surface area contributed by atoms with E-state index in [1.165, 1.54) is 60.5 Å². The lowest BCUT2D eigenvalue weighted by atomic mass is 9.88. The lowest BCUT2D eigenvalue weighted by Gasteiger charge is -2.37. The highest BCUT2D eigenvalue weighted by molar-refractivity contribution is 7.95. The topological polar surface area (TPSA) is 129 Å². The summed E-state index contributed by atoms with van der Waals surface area (Å²) in [6, 6.07) is 22.7. The number of hydrogen-bond donors (Lipinski definition) is 2. The lowest BCUT2D eigenvalue weighted by molar-refractivity contribution is 0.0980. The van der Waals surface area contributed by atoms with Crippen LogP contribution in [0, 0.1) is 22.6 Å². The van der Waals surface area contributed by atoms with E-state index in [9.17, 15) is 23.6 Å². The maximum Gasteiger partial charge on any atom is 0.259 e. The van der Waals surface area contributed by atoms with Gasteiger partial charge in [0, 0.05) is 22.9 Å². The Kier molecular flexibility index (Phi) is 8.15. The van der Waals surface area contributed by atoms with E-state index in [0.717, 1.165) is 5.56 Å². The number of benzene rings is 4. The van der Waals surface area contributed by atoms with E-state index in [-0.39, 0.29) is 74.7 Å². The van der Waals surface area contributed by atoms with E-state index in [2.05, 4.69) is 5.32 Å². The quantitative estimate of drug-likeness (QED) is 0.216. The second kappa shape index (κ2) is 12.1. The van der Waals surface area contributed by atoms with Gasteiger partial charge in [-0.15, -0.1) is 0 Å². The number of rotatable bonds is 6. The molecule has 0 aliphatic carbocycles. The van der Waals surface area contributed by atoms with Gasteiger partial charge in [0.1, 0.15) is 47.5 Å². The summed E-state index contributed by atoms with van der Waals surface area (Å²) >= 11 is 0. The van der Waals surface area contributed by atoms with Gasteiger partial charge < -0.3 is 19.9 Å². The number of methoxy groups -OCH3 is 1. The van der Waals surface area contributed by atoms with Gasteiger partial charge in [0.05, 0.1) is 29.0 Å². The third kappa shape index (κ3) is 6.00. The Morgan fingerprint density at radius 3 is 2.55 bits per heavy atom. The van der Waals surface area contributed by atoms with E-state index in [4.69, 9.17) is 9.47 Å². The Labute approximate surface area is 272 Å². The van der Waals surface area contributed by atoms with E-state index in [0.29, 0.717) is 0 Å². The first-order valence-electron chi connectivity index (χ1n) is 14.8. The fraction of sp³-hybridized carbons (Fsp3) is 0.222. The van der Waals surface area contributed by atoms with Crippen molar-refractivity contribution in [3.05, 3.63) is 124 Å². The van der Waals surface area contributed by atoms with E-state index < -0.39 is 33.0 Å². The SMILES string of the molecule is COc1ccc(C(=O)N2c3cccc(O)c3NC3=C(C2c2ccc(OCc4ccccc4)cc2F)S(=O)(=O)CC(C)(C)C3)cc1C#N. The van der Waals surface area contributed by atoms with Crippen molar-refractivity contribution in [2.24, 2.45) is 5.41 Å². The predicted octanol–water partition coefficient (Wildman–Crippen LogP) is 6.86. The molecule has 6 rings (SSSR count). The second-order valence-corrected chi connectivity index (χ2v) is 14.3. The van der Waals surface area contributed by atoms with Gasteiger partial charge in [-0.1, -0.05) is 50.2 Å². The normalized spacial score (nSPS) is 17.8. The second-order valence-electron chi connectivity index (χ2n) is 12.3.